The van der Waals surface area contributed by atoms with Crippen LogP contribution in [0.4, 0.5) is 17.1 Å². The van der Waals surface area contributed by atoms with Crippen molar-refractivity contribution in [2.75, 3.05) is 4.90 Å². The molecule has 0 saturated carbocycles. The second kappa shape index (κ2) is 12.2. The molecule has 0 aromatic heterocycles. The molecule has 7 rings (SSSR count). The summed E-state index contributed by atoms with van der Waals surface area (Å²) >= 11 is 0. The fourth-order valence-corrected chi connectivity index (χ4v) is 5.56. The lowest BCUT2D eigenvalue weighted by molar-refractivity contribution is 0.513. The van der Waals surface area contributed by atoms with Crippen molar-refractivity contribution in [1.29, 1.82) is 0 Å². The van der Waals surface area contributed by atoms with Gasteiger partial charge in [-0.15, -0.1) is 0 Å². The molecule has 0 unspecified atom stereocenters. The molecular formula is C42H31NO. The van der Waals surface area contributed by atoms with Crippen molar-refractivity contribution < 1.29 is 4.74 Å². The molecule has 0 amide bonds. The molecule has 0 atom stereocenters. The second-order valence-corrected chi connectivity index (χ2v) is 10.7. The summed E-state index contributed by atoms with van der Waals surface area (Å²) in [6.45, 7) is 4.18. The first-order valence-electron chi connectivity index (χ1n) is 14.8. The Hall–Kier alpha value is -5.86. The first kappa shape index (κ1) is 27.0. The summed E-state index contributed by atoms with van der Waals surface area (Å²) in [5.74, 6) is 1.60. The third kappa shape index (κ3) is 5.62. The van der Waals surface area contributed by atoms with Crippen molar-refractivity contribution in [3.8, 4) is 28.0 Å². The summed E-state index contributed by atoms with van der Waals surface area (Å²) in [4.78, 5) is 2.28. The number of para-hydroxylation sites is 2. The number of ether oxygens (including phenoxy) is 1. The van der Waals surface area contributed by atoms with Crippen LogP contribution in [0.2, 0.25) is 0 Å². The maximum atomic E-state index is 6.39. The second-order valence-electron chi connectivity index (χ2n) is 10.7. The molecule has 0 N–H and O–H groups in total. The Morgan fingerprint density at radius 3 is 1.50 bits per heavy atom. The molecule has 0 aliphatic carbocycles. The van der Waals surface area contributed by atoms with Gasteiger partial charge in [-0.3, -0.25) is 0 Å². The summed E-state index contributed by atoms with van der Waals surface area (Å²) in [6.07, 6.45) is 6.01. The zero-order valence-electron chi connectivity index (χ0n) is 24.3. The summed E-state index contributed by atoms with van der Waals surface area (Å²) < 4.78 is 6.39. The molecule has 0 radical (unpaired) electrons. The van der Waals surface area contributed by atoms with Gasteiger partial charge in [0.2, 0.25) is 0 Å². The standard InChI is InChI=1S/C42H31NO/c1-31-11-10-18-41(44-42-17-9-8-16-40(31)42)36-25-29-39(30-26-36)43(37-14-6-3-7-15-37)38-27-23-35(24-28-38)34-21-19-33(20-22-34)32-12-4-2-5-13-32/h2-30H,1H2/b11-10-,41-18-. The normalized spacial score (nSPS) is 14.3. The van der Waals surface area contributed by atoms with Crippen LogP contribution in [0, 0.1) is 0 Å². The van der Waals surface area contributed by atoms with Crippen LogP contribution in [0.5, 0.6) is 5.75 Å². The monoisotopic (exact) mass is 565 g/mol. The SMILES string of the molecule is C=C1/C=C\C=C(\c2ccc(N(c3ccccc3)c3ccc(-c4ccc(-c5ccccc5)cc4)cc3)cc2)Oc2ccccc21. The summed E-state index contributed by atoms with van der Waals surface area (Å²) in [5, 5.41) is 0. The Morgan fingerprint density at radius 1 is 0.432 bits per heavy atom. The maximum absolute atomic E-state index is 6.39. The topological polar surface area (TPSA) is 12.5 Å². The number of rotatable bonds is 6. The number of hydrogen-bond donors (Lipinski definition) is 0. The molecule has 0 bridgehead atoms. The smallest absolute Gasteiger partial charge is 0.135 e. The van der Waals surface area contributed by atoms with Crippen molar-refractivity contribution in [2.24, 2.45) is 0 Å². The minimum atomic E-state index is 0.793. The van der Waals surface area contributed by atoms with E-state index < -0.39 is 0 Å². The minimum absolute atomic E-state index is 0.793. The van der Waals surface area contributed by atoms with Gasteiger partial charge >= 0.3 is 0 Å². The fourth-order valence-electron chi connectivity index (χ4n) is 5.56. The molecule has 2 heteroatoms. The van der Waals surface area contributed by atoms with Gasteiger partial charge in [0.15, 0.2) is 0 Å². The van der Waals surface area contributed by atoms with Crippen LogP contribution < -0.4 is 9.64 Å². The lowest BCUT2D eigenvalue weighted by atomic mass is 10.00. The summed E-state index contributed by atoms with van der Waals surface area (Å²) in [6, 6.07) is 55.1. The van der Waals surface area contributed by atoms with E-state index in [9.17, 15) is 0 Å². The van der Waals surface area contributed by atoms with E-state index in [0.29, 0.717) is 0 Å². The van der Waals surface area contributed by atoms with Crippen LogP contribution in [0.25, 0.3) is 33.6 Å². The molecule has 2 nitrogen and oxygen atoms in total. The quantitative estimate of drug-likeness (QED) is 0.199. The van der Waals surface area contributed by atoms with Crippen LogP contribution in [0.15, 0.2) is 183 Å². The molecule has 6 aromatic carbocycles. The van der Waals surface area contributed by atoms with Gasteiger partial charge in [0, 0.05) is 28.2 Å². The lowest BCUT2D eigenvalue weighted by Crippen LogP contribution is -2.10. The Morgan fingerprint density at radius 2 is 0.886 bits per heavy atom. The number of nitrogens with zero attached hydrogens (tertiary/aromatic N) is 1. The van der Waals surface area contributed by atoms with Crippen LogP contribution in [-0.2, 0) is 0 Å². The van der Waals surface area contributed by atoms with Crippen LogP contribution in [-0.4, -0.2) is 0 Å². The number of benzene rings is 6. The minimum Gasteiger partial charge on any atom is -0.456 e. The number of allylic oxidation sites excluding steroid dienone is 4. The van der Waals surface area contributed by atoms with Gasteiger partial charge in [-0.25, -0.2) is 0 Å². The van der Waals surface area contributed by atoms with E-state index in [-0.39, 0.29) is 0 Å². The highest BCUT2D eigenvalue weighted by Gasteiger charge is 2.15. The summed E-state index contributed by atoms with van der Waals surface area (Å²) in [5.41, 5.74) is 11.0. The van der Waals surface area contributed by atoms with E-state index in [4.69, 9.17) is 4.74 Å². The van der Waals surface area contributed by atoms with Crippen molar-refractivity contribution >= 4 is 28.4 Å². The highest BCUT2D eigenvalue weighted by atomic mass is 16.5. The Labute approximate surface area is 259 Å². The van der Waals surface area contributed by atoms with Crippen LogP contribution in [0.1, 0.15) is 11.1 Å². The summed E-state index contributed by atoms with van der Waals surface area (Å²) in [7, 11) is 0. The molecule has 44 heavy (non-hydrogen) atoms. The first-order valence-corrected chi connectivity index (χ1v) is 14.8. The first-order chi connectivity index (χ1) is 21.7. The zero-order valence-corrected chi connectivity index (χ0v) is 24.3. The van der Waals surface area contributed by atoms with Gasteiger partial charge in [0.25, 0.3) is 0 Å². The highest BCUT2D eigenvalue weighted by molar-refractivity contribution is 5.82. The van der Waals surface area contributed by atoms with E-state index in [1.807, 2.05) is 54.6 Å². The number of hydrogen-bond acceptors (Lipinski definition) is 2. The average molecular weight is 566 g/mol. The number of anilines is 3. The molecule has 1 aliphatic rings. The van der Waals surface area contributed by atoms with Gasteiger partial charge in [0.05, 0.1) is 0 Å². The molecular weight excluding hydrogens is 534 g/mol. The third-order valence-electron chi connectivity index (χ3n) is 7.87. The Kier molecular flexibility index (Phi) is 7.47. The predicted molar refractivity (Wildman–Crippen MR) is 185 cm³/mol. The fraction of sp³-hybridized carbons (Fsp3) is 0. The molecule has 1 aliphatic heterocycles. The van der Waals surface area contributed by atoms with Crippen molar-refractivity contribution in [3.05, 3.63) is 194 Å². The third-order valence-corrected chi connectivity index (χ3v) is 7.87. The van der Waals surface area contributed by atoms with E-state index in [1.54, 1.807) is 0 Å². The van der Waals surface area contributed by atoms with Crippen molar-refractivity contribution in [2.45, 2.75) is 0 Å². The van der Waals surface area contributed by atoms with Gasteiger partial charge in [-0.1, -0.05) is 122 Å². The maximum Gasteiger partial charge on any atom is 0.135 e. The van der Waals surface area contributed by atoms with E-state index >= 15 is 0 Å². The molecule has 6 aromatic rings. The van der Waals surface area contributed by atoms with Crippen molar-refractivity contribution in [3.63, 3.8) is 0 Å². The number of fused-ring (bicyclic) bond motifs is 1. The van der Waals surface area contributed by atoms with Gasteiger partial charge < -0.3 is 9.64 Å². The lowest BCUT2D eigenvalue weighted by Gasteiger charge is -2.26. The van der Waals surface area contributed by atoms with E-state index in [0.717, 1.165) is 45.3 Å². The molecule has 0 saturated heterocycles. The van der Waals surface area contributed by atoms with Gasteiger partial charge in [0.1, 0.15) is 11.5 Å². The van der Waals surface area contributed by atoms with E-state index in [1.165, 1.54) is 22.3 Å². The zero-order chi connectivity index (χ0) is 29.7. The van der Waals surface area contributed by atoms with Crippen molar-refractivity contribution in [1.82, 2.24) is 0 Å². The van der Waals surface area contributed by atoms with E-state index in [2.05, 4.69) is 133 Å². The molecule has 0 fully saturated rings. The molecule has 210 valence electrons. The van der Waals surface area contributed by atoms with Gasteiger partial charge in [-0.2, -0.15) is 0 Å². The predicted octanol–water partition coefficient (Wildman–Crippen LogP) is 11.5. The molecule has 0 spiro atoms. The largest absolute Gasteiger partial charge is 0.456 e. The molecule has 1 heterocycles. The highest BCUT2D eigenvalue weighted by Crippen LogP contribution is 2.37. The van der Waals surface area contributed by atoms with Crippen LogP contribution >= 0.6 is 0 Å². The van der Waals surface area contributed by atoms with Crippen LogP contribution in [0.3, 0.4) is 0 Å². The Balaban J connectivity index is 1.18. The average Bonchev–Trinajstić information content (AvgIpc) is 3.09. The Bertz CT molecular complexity index is 1950. The van der Waals surface area contributed by atoms with Gasteiger partial charge in [-0.05, 0) is 88.5 Å².